The minimum absolute atomic E-state index is 0.0422. The maximum Gasteiger partial charge on any atom is 0.328 e. The molecule has 1 saturated carbocycles. The molecule has 1 saturated heterocycles. The molecule has 1 aliphatic heterocycles. The number of sulfonamides is 1. The summed E-state index contributed by atoms with van der Waals surface area (Å²) in [7, 11) is 0.712. The third-order valence-electron chi connectivity index (χ3n) is 5.68. The maximum atomic E-state index is 13.2. The molecule has 1 amide bonds. The van der Waals surface area contributed by atoms with E-state index in [0.717, 1.165) is 30.0 Å². The zero-order chi connectivity index (χ0) is 19.8. The van der Waals surface area contributed by atoms with Crippen LogP contribution in [-0.4, -0.2) is 62.8 Å². The molecule has 3 rings (SSSR count). The van der Waals surface area contributed by atoms with Crippen LogP contribution in [0.5, 0.6) is 0 Å². The number of carbonyl (C=O) groups excluding carboxylic acids is 2. The molecule has 0 bridgehead atoms. The summed E-state index contributed by atoms with van der Waals surface area (Å²) in [6.07, 6.45) is 4.70. The minimum atomic E-state index is -3.55. The molecule has 0 aromatic heterocycles. The lowest BCUT2D eigenvalue weighted by Crippen LogP contribution is -2.46. The first-order valence-electron chi connectivity index (χ1n) is 9.20. The van der Waals surface area contributed by atoms with Gasteiger partial charge in [0.1, 0.15) is 6.04 Å². The Kier molecular flexibility index (Phi) is 5.58. The zero-order valence-electron chi connectivity index (χ0n) is 15.9. The van der Waals surface area contributed by atoms with Gasteiger partial charge in [-0.3, -0.25) is 4.79 Å². The monoisotopic (exact) mass is 394 g/mol. The lowest BCUT2D eigenvalue weighted by atomic mass is 9.84. The Morgan fingerprint density at radius 3 is 2.33 bits per heavy atom. The van der Waals surface area contributed by atoms with Gasteiger partial charge in [0.15, 0.2) is 0 Å². The molecule has 27 heavy (non-hydrogen) atoms. The van der Waals surface area contributed by atoms with Gasteiger partial charge in [-0.25, -0.2) is 17.5 Å². The number of fused-ring (bicyclic) bond motifs is 1. The molecule has 8 heteroatoms. The molecule has 0 unspecified atom stereocenters. The summed E-state index contributed by atoms with van der Waals surface area (Å²) in [5.41, 5.74) is 0.382. The molecule has 1 aromatic carbocycles. The van der Waals surface area contributed by atoms with Crippen LogP contribution in [0.1, 0.15) is 42.5 Å². The Balaban J connectivity index is 1.89. The normalized spacial score (nSPS) is 25.3. The van der Waals surface area contributed by atoms with E-state index in [1.165, 1.54) is 45.5 Å². The summed E-state index contributed by atoms with van der Waals surface area (Å²) in [5.74, 6) is -0.307. The minimum Gasteiger partial charge on any atom is -0.467 e. The highest BCUT2D eigenvalue weighted by atomic mass is 32.2. The van der Waals surface area contributed by atoms with Crippen molar-refractivity contribution in [3.8, 4) is 0 Å². The topological polar surface area (TPSA) is 84.0 Å². The van der Waals surface area contributed by atoms with Crippen LogP contribution in [0.25, 0.3) is 0 Å². The number of carbonyl (C=O) groups is 2. The van der Waals surface area contributed by atoms with Crippen molar-refractivity contribution in [3.63, 3.8) is 0 Å². The van der Waals surface area contributed by atoms with Crippen LogP contribution in [0.2, 0.25) is 0 Å². The standard InChI is InChI=1S/C19H26N2O5S/c1-20(2)27(24,25)15-10-8-13(9-11-15)18(22)21-16-7-5-4-6-14(16)12-17(21)19(23)26-3/h8-11,14,16-17H,4-7,12H2,1-3H3/t14-,16+,17-/m0/s1. The molecular formula is C19H26N2O5S. The van der Waals surface area contributed by atoms with Crippen molar-refractivity contribution < 1.29 is 22.7 Å². The zero-order valence-corrected chi connectivity index (χ0v) is 16.7. The smallest absolute Gasteiger partial charge is 0.328 e. The summed E-state index contributed by atoms with van der Waals surface area (Å²) in [5, 5.41) is 0. The van der Waals surface area contributed by atoms with E-state index in [1.54, 1.807) is 4.90 Å². The second kappa shape index (κ2) is 7.59. The average Bonchev–Trinajstić information content (AvgIpc) is 3.06. The predicted molar refractivity (Wildman–Crippen MR) is 99.7 cm³/mol. The summed E-state index contributed by atoms with van der Waals surface area (Å²) in [6, 6.07) is 5.38. The molecule has 1 aromatic rings. The highest BCUT2D eigenvalue weighted by Gasteiger charge is 2.48. The van der Waals surface area contributed by atoms with Crippen LogP contribution < -0.4 is 0 Å². The molecule has 148 valence electrons. The number of likely N-dealkylation sites (tertiary alicyclic amines) is 1. The van der Waals surface area contributed by atoms with Crippen LogP contribution in [-0.2, 0) is 19.6 Å². The van der Waals surface area contributed by atoms with E-state index in [1.807, 2.05) is 0 Å². The SMILES string of the molecule is COC(=O)[C@@H]1C[C@@H]2CCCC[C@H]2N1C(=O)c1ccc(S(=O)(=O)N(C)C)cc1. The number of rotatable bonds is 4. The molecule has 2 aliphatic rings. The van der Waals surface area contributed by atoms with Gasteiger partial charge in [-0.2, -0.15) is 0 Å². The first-order chi connectivity index (χ1) is 12.8. The van der Waals surface area contributed by atoms with E-state index in [2.05, 4.69) is 0 Å². The number of amides is 1. The fraction of sp³-hybridized carbons (Fsp3) is 0.579. The fourth-order valence-electron chi connectivity index (χ4n) is 4.23. The molecular weight excluding hydrogens is 368 g/mol. The summed E-state index contributed by atoms with van der Waals surface area (Å²) < 4.78 is 30.5. The van der Waals surface area contributed by atoms with Gasteiger partial charge in [0.05, 0.1) is 12.0 Å². The first-order valence-corrected chi connectivity index (χ1v) is 10.6. The van der Waals surface area contributed by atoms with Gasteiger partial charge in [0.2, 0.25) is 10.0 Å². The van der Waals surface area contributed by atoms with Crippen molar-refractivity contribution in [2.75, 3.05) is 21.2 Å². The van der Waals surface area contributed by atoms with E-state index in [0.29, 0.717) is 17.9 Å². The van der Waals surface area contributed by atoms with Gasteiger partial charge in [-0.05, 0) is 49.4 Å². The molecule has 7 nitrogen and oxygen atoms in total. The first kappa shape index (κ1) is 19.8. The fourth-order valence-corrected chi connectivity index (χ4v) is 5.13. The van der Waals surface area contributed by atoms with Crippen molar-refractivity contribution in [2.24, 2.45) is 5.92 Å². The van der Waals surface area contributed by atoms with Gasteiger partial charge in [-0.15, -0.1) is 0 Å². The Bertz CT molecular complexity index is 819. The molecule has 3 atom stereocenters. The molecule has 0 spiro atoms. The Morgan fingerprint density at radius 1 is 1.11 bits per heavy atom. The van der Waals surface area contributed by atoms with Crippen molar-refractivity contribution in [3.05, 3.63) is 29.8 Å². The van der Waals surface area contributed by atoms with Crippen molar-refractivity contribution >= 4 is 21.9 Å². The lowest BCUT2D eigenvalue weighted by molar-refractivity contribution is -0.145. The van der Waals surface area contributed by atoms with E-state index >= 15 is 0 Å². The van der Waals surface area contributed by atoms with Crippen LogP contribution in [0.4, 0.5) is 0 Å². The van der Waals surface area contributed by atoms with E-state index < -0.39 is 16.1 Å². The van der Waals surface area contributed by atoms with Crippen LogP contribution in [0.3, 0.4) is 0 Å². The van der Waals surface area contributed by atoms with Gasteiger partial charge < -0.3 is 9.64 Å². The Hall–Kier alpha value is -1.93. The largest absolute Gasteiger partial charge is 0.467 e. The Labute approximate surface area is 160 Å². The van der Waals surface area contributed by atoms with Gasteiger partial charge in [-0.1, -0.05) is 12.8 Å². The highest BCUT2D eigenvalue weighted by Crippen LogP contribution is 2.40. The number of esters is 1. The molecule has 2 fully saturated rings. The maximum absolute atomic E-state index is 13.2. The third-order valence-corrected chi connectivity index (χ3v) is 7.50. The summed E-state index contributed by atoms with van der Waals surface area (Å²) >= 11 is 0. The van der Waals surface area contributed by atoms with Gasteiger partial charge in [0.25, 0.3) is 5.91 Å². The third kappa shape index (κ3) is 3.60. The van der Waals surface area contributed by atoms with Crippen molar-refractivity contribution in [2.45, 2.75) is 49.1 Å². The molecule has 1 heterocycles. The van der Waals surface area contributed by atoms with Crippen LogP contribution in [0.15, 0.2) is 29.2 Å². The van der Waals surface area contributed by atoms with E-state index in [4.69, 9.17) is 4.74 Å². The van der Waals surface area contributed by atoms with E-state index in [9.17, 15) is 18.0 Å². The highest BCUT2D eigenvalue weighted by molar-refractivity contribution is 7.89. The number of nitrogens with zero attached hydrogens (tertiary/aromatic N) is 2. The molecule has 1 aliphatic carbocycles. The number of methoxy groups -OCH3 is 1. The lowest BCUT2D eigenvalue weighted by Gasteiger charge is -2.33. The number of benzene rings is 1. The second-order valence-electron chi connectivity index (χ2n) is 7.41. The Morgan fingerprint density at radius 2 is 1.74 bits per heavy atom. The second-order valence-corrected chi connectivity index (χ2v) is 9.56. The number of hydrogen-bond acceptors (Lipinski definition) is 5. The van der Waals surface area contributed by atoms with Crippen molar-refractivity contribution in [1.82, 2.24) is 9.21 Å². The van der Waals surface area contributed by atoms with Gasteiger partial charge in [0, 0.05) is 25.7 Å². The molecule has 0 radical (unpaired) electrons. The quantitative estimate of drug-likeness (QED) is 0.728. The average molecular weight is 394 g/mol. The predicted octanol–water partition coefficient (Wildman–Crippen LogP) is 1.88. The van der Waals surface area contributed by atoms with Crippen molar-refractivity contribution in [1.29, 1.82) is 0 Å². The van der Waals surface area contributed by atoms with E-state index in [-0.39, 0.29) is 22.8 Å². The number of ether oxygens (including phenoxy) is 1. The number of hydrogen-bond donors (Lipinski definition) is 0. The summed E-state index contributed by atoms with van der Waals surface area (Å²) in [6.45, 7) is 0. The van der Waals surface area contributed by atoms with Gasteiger partial charge >= 0.3 is 5.97 Å². The van der Waals surface area contributed by atoms with Crippen LogP contribution >= 0.6 is 0 Å². The van der Waals surface area contributed by atoms with Crippen LogP contribution in [0, 0.1) is 5.92 Å². The molecule has 0 N–H and O–H groups in total. The summed E-state index contributed by atoms with van der Waals surface area (Å²) in [4.78, 5) is 27.3.